The molecule has 1 aromatic carbocycles. The highest BCUT2D eigenvalue weighted by molar-refractivity contribution is 5.99. The Morgan fingerprint density at radius 1 is 1.03 bits per heavy atom. The van der Waals surface area contributed by atoms with Gasteiger partial charge < -0.3 is 0 Å². The number of aromatic amines is 1. The van der Waals surface area contributed by atoms with Crippen molar-refractivity contribution in [3.63, 3.8) is 0 Å². The van der Waals surface area contributed by atoms with Gasteiger partial charge >= 0.3 is 0 Å². The number of benzene rings is 1. The number of imidazole rings is 1. The lowest BCUT2D eigenvalue weighted by Crippen LogP contribution is -2.07. The highest BCUT2D eigenvalue weighted by atomic mass is 16.1. The molecule has 6 rings (SSSR count). The molecule has 0 spiro atoms. The van der Waals surface area contributed by atoms with E-state index in [1.807, 2.05) is 83.9 Å². The number of Topliss-reactive ketones (excluding diaryl/α,β-unsaturated/α-hetero) is 1. The summed E-state index contributed by atoms with van der Waals surface area (Å²) in [5.41, 5.74) is 8.04. The van der Waals surface area contributed by atoms with E-state index in [1.54, 1.807) is 12.4 Å². The van der Waals surface area contributed by atoms with Gasteiger partial charge in [0.15, 0.2) is 5.78 Å². The maximum Gasteiger partial charge on any atom is 0.185 e. The van der Waals surface area contributed by atoms with Crippen LogP contribution in [0, 0.1) is 13.8 Å². The first kappa shape index (κ1) is 21.0. The SMILES string of the molecule is Cc1cccc(Cn2nc(C)c3c(CC(=O)c4cnc5cc(-c6cn[nH]c6)ccn45)cccc32)n1. The first-order chi connectivity index (χ1) is 17.1. The molecule has 0 saturated carbocycles. The van der Waals surface area contributed by atoms with Crippen molar-refractivity contribution in [1.29, 1.82) is 0 Å². The van der Waals surface area contributed by atoms with Gasteiger partial charge in [0.25, 0.3) is 0 Å². The first-order valence-corrected chi connectivity index (χ1v) is 11.4. The van der Waals surface area contributed by atoms with Crippen LogP contribution < -0.4 is 0 Å². The van der Waals surface area contributed by atoms with Crippen LogP contribution in [0.4, 0.5) is 0 Å². The van der Waals surface area contributed by atoms with Gasteiger partial charge in [-0.3, -0.25) is 24.0 Å². The van der Waals surface area contributed by atoms with E-state index in [2.05, 4.69) is 20.2 Å². The van der Waals surface area contributed by atoms with Crippen LogP contribution in [-0.4, -0.2) is 40.1 Å². The van der Waals surface area contributed by atoms with Crippen LogP contribution in [0.15, 0.2) is 73.3 Å². The number of hydrogen-bond acceptors (Lipinski definition) is 5. The van der Waals surface area contributed by atoms with Crippen molar-refractivity contribution in [1.82, 2.24) is 34.3 Å². The second-order valence-corrected chi connectivity index (χ2v) is 8.70. The molecule has 0 radical (unpaired) electrons. The average molecular weight is 462 g/mol. The fraction of sp³-hybridized carbons (Fsp3) is 0.148. The third kappa shape index (κ3) is 3.78. The Labute approximate surface area is 201 Å². The molecule has 0 saturated heterocycles. The standard InChI is InChI=1S/C27H23N7O/c1-17-5-3-7-22(31-17)16-34-23-8-4-6-20(27(23)18(2)32-34)11-25(35)24-15-28-26-12-19(9-10-33(24)26)21-13-29-30-14-21/h3-10,12-15H,11,16H2,1-2H3,(H,29,30). The summed E-state index contributed by atoms with van der Waals surface area (Å²) in [6.45, 7) is 4.55. The van der Waals surface area contributed by atoms with E-state index in [9.17, 15) is 4.79 Å². The number of nitrogens with one attached hydrogen (secondary N) is 1. The van der Waals surface area contributed by atoms with E-state index in [0.717, 1.165) is 50.3 Å². The monoisotopic (exact) mass is 461 g/mol. The van der Waals surface area contributed by atoms with Gasteiger partial charge in [-0.05, 0) is 55.3 Å². The minimum atomic E-state index is 0.00793. The number of fused-ring (bicyclic) bond motifs is 2. The van der Waals surface area contributed by atoms with Crippen LogP contribution in [0.3, 0.4) is 0 Å². The topological polar surface area (TPSA) is 93.8 Å². The van der Waals surface area contributed by atoms with Gasteiger partial charge in [0.2, 0.25) is 0 Å². The molecule has 6 aromatic rings. The number of nitrogens with zero attached hydrogens (tertiary/aromatic N) is 6. The number of rotatable bonds is 6. The molecular weight excluding hydrogens is 438 g/mol. The quantitative estimate of drug-likeness (QED) is 0.367. The zero-order chi connectivity index (χ0) is 23.9. The highest BCUT2D eigenvalue weighted by Crippen LogP contribution is 2.25. The number of carbonyl (C=O) groups excluding carboxylic acids is 1. The molecule has 0 amide bonds. The van der Waals surface area contributed by atoms with Crippen molar-refractivity contribution < 1.29 is 4.79 Å². The van der Waals surface area contributed by atoms with Crippen LogP contribution in [-0.2, 0) is 13.0 Å². The summed E-state index contributed by atoms with van der Waals surface area (Å²) in [5.74, 6) is 0.00793. The Kier molecular flexibility index (Phi) is 4.99. The maximum atomic E-state index is 13.4. The molecule has 0 fully saturated rings. The number of aromatic nitrogens is 7. The largest absolute Gasteiger partial charge is 0.297 e. The van der Waals surface area contributed by atoms with Crippen LogP contribution in [0.5, 0.6) is 0 Å². The lowest BCUT2D eigenvalue weighted by atomic mass is 10.0. The number of hydrogen-bond donors (Lipinski definition) is 1. The van der Waals surface area contributed by atoms with E-state index in [-0.39, 0.29) is 12.2 Å². The Hall–Kier alpha value is -4.59. The third-order valence-corrected chi connectivity index (χ3v) is 6.28. The number of pyridine rings is 2. The number of H-pyrrole nitrogens is 1. The van der Waals surface area contributed by atoms with Gasteiger partial charge in [0.1, 0.15) is 11.3 Å². The lowest BCUT2D eigenvalue weighted by Gasteiger charge is -2.07. The minimum Gasteiger partial charge on any atom is -0.297 e. The maximum absolute atomic E-state index is 13.4. The molecule has 0 bridgehead atoms. The molecule has 8 heteroatoms. The molecule has 0 aliphatic carbocycles. The van der Waals surface area contributed by atoms with Crippen LogP contribution in [0.1, 0.15) is 33.1 Å². The molecule has 0 unspecified atom stereocenters. The van der Waals surface area contributed by atoms with Crippen molar-refractivity contribution in [3.8, 4) is 11.1 Å². The van der Waals surface area contributed by atoms with Gasteiger partial charge in [-0.1, -0.05) is 18.2 Å². The molecule has 5 heterocycles. The van der Waals surface area contributed by atoms with E-state index < -0.39 is 0 Å². The molecule has 35 heavy (non-hydrogen) atoms. The van der Waals surface area contributed by atoms with E-state index >= 15 is 0 Å². The summed E-state index contributed by atoms with van der Waals surface area (Å²) in [6.07, 6.45) is 7.40. The predicted octanol–water partition coefficient (Wildman–Crippen LogP) is 4.56. The van der Waals surface area contributed by atoms with E-state index in [0.29, 0.717) is 12.2 Å². The van der Waals surface area contributed by atoms with Crippen LogP contribution in [0.2, 0.25) is 0 Å². The van der Waals surface area contributed by atoms with Gasteiger partial charge in [0, 0.05) is 35.5 Å². The minimum absolute atomic E-state index is 0.00793. The van der Waals surface area contributed by atoms with Crippen molar-refractivity contribution in [3.05, 3.63) is 102 Å². The molecule has 172 valence electrons. The summed E-state index contributed by atoms with van der Waals surface area (Å²) < 4.78 is 3.80. The lowest BCUT2D eigenvalue weighted by molar-refractivity contribution is 0.0987. The number of carbonyl (C=O) groups is 1. The molecule has 1 N–H and O–H groups in total. The predicted molar refractivity (Wildman–Crippen MR) is 133 cm³/mol. The van der Waals surface area contributed by atoms with Gasteiger partial charge in [-0.2, -0.15) is 10.2 Å². The third-order valence-electron chi connectivity index (χ3n) is 6.28. The van der Waals surface area contributed by atoms with Crippen LogP contribution in [0.25, 0.3) is 27.7 Å². The van der Waals surface area contributed by atoms with Gasteiger partial charge in [0.05, 0.1) is 35.8 Å². The summed E-state index contributed by atoms with van der Waals surface area (Å²) >= 11 is 0. The van der Waals surface area contributed by atoms with Crippen molar-refractivity contribution in [2.45, 2.75) is 26.8 Å². The van der Waals surface area contributed by atoms with Crippen LogP contribution >= 0.6 is 0 Å². The van der Waals surface area contributed by atoms with E-state index in [1.165, 1.54) is 0 Å². The molecule has 5 aromatic heterocycles. The fourth-order valence-corrected chi connectivity index (χ4v) is 4.65. The molecule has 0 atom stereocenters. The highest BCUT2D eigenvalue weighted by Gasteiger charge is 2.18. The van der Waals surface area contributed by atoms with E-state index in [4.69, 9.17) is 5.10 Å². The summed E-state index contributed by atoms with van der Waals surface area (Å²) in [6, 6.07) is 16.0. The van der Waals surface area contributed by atoms with Crippen molar-refractivity contribution >= 4 is 22.3 Å². The fourth-order valence-electron chi connectivity index (χ4n) is 4.65. The zero-order valence-electron chi connectivity index (χ0n) is 19.4. The molecule has 0 aliphatic heterocycles. The summed E-state index contributed by atoms with van der Waals surface area (Å²) in [7, 11) is 0. The molecular formula is C27H23N7O. The van der Waals surface area contributed by atoms with Gasteiger partial charge in [-0.25, -0.2) is 4.98 Å². The summed E-state index contributed by atoms with van der Waals surface area (Å²) in [4.78, 5) is 22.5. The summed E-state index contributed by atoms with van der Waals surface area (Å²) in [5, 5.41) is 12.6. The molecule has 8 nitrogen and oxygen atoms in total. The number of ketones is 1. The van der Waals surface area contributed by atoms with Crippen molar-refractivity contribution in [2.75, 3.05) is 0 Å². The van der Waals surface area contributed by atoms with Crippen molar-refractivity contribution in [2.24, 2.45) is 0 Å². The Morgan fingerprint density at radius 3 is 2.74 bits per heavy atom. The normalized spacial score (nSPS) is 11.5. The molecule has 0 aliphatic rings. The second kappa shape index (κ2) is 8.32. The average Bonchev–Trinajstić information content (AvgIpc) is 3.59. The number of aryl methyl sites for hydroxylation is 2. The Morgan fingerprint density at radius 2 is 1.91 bits per heavy atom. The Bertz CT molecular complexity index is 1690. The smallest absolute Gasteiger partial charge is 0.185 e. The first-order valence-electron chi connectivity index (χ1n) is 11.4. The zero-order valence-corrected chi connectivity index (χ0v) is 19.4. The Balaban J connectivity index is 1.32. The second-order valence-electron chi connectivity index (χ2n) is 8.70. The van der Waals surface area contributed by atoms with Gasteiger partial charge in [-0.15, -0.1) is 0 Å².